The van der Waals surface area contributed by atoms with Crippen LogP contribution in [0, 0.1) is 0 Å². The molecule has 5 nitrogen and oxygen atoms in total. The largest absolute Gasteiger partial charge is 0.481 e. The average molecular weight is 333 g/mol. The fraction of sp³-hybridized carbons (Fsp3) is 0.235. The van der Waals surface area contributed by atoms with Gasteiger partial charge in [-0.25, -0.2) is 0 Å². The van der Waals surface area contributed by atoms with Gasteiger partial charge in [0, 0.05) is 17.6 Å². The van der Waals surface area contributed by atoms with Crippen LogP contribution >= 0.6 is 11.6 Å². The van der Waals surface area contributed by atoms with E-state index in [-0.39, 0.29) is 11.8 Å². The van der Waals surface area contributed by atoms with Crippen LogP contribution < -0.4 is 4.74 Å². The summed E-state index contributed by atoms with van der Waals surface area (Å²) in [4.78, 5) is 4.19. The van der Waals surface area contributed by atoms with Crippen LogP contribution in [0.15, 0.2) is 48.7 Å². The molecule has 0 saturated heterocycles. The number of hydrogen-bond acceptors (Lipinski definition) is 4. The molecular weight excluding hydrogens is 316 g/mol. The van der Waals surface area contributed by atoms with Crippen LogP contribution in [0.5, 0.6) is 5.88 Å². The summed E-state index contributed by atoms with van der Waals surface area (Å²) in [6.45, 7) is -0.361. The highest BCUT2D eigenvalue weighted by molar-refractivity contribution is 6.34. The van der Waals surface area contributed by atoms with Gasteiger partial charge in [0.05, 0.1) is 25.3 Å². The summed E-state index contributed by atoms with van der Waals surface area (Å²) in [7, 11) is 1.53. The molecule has 1 aromatic carbocycles. The van der Waals surface area contributed by atoms with E-state index in [0.717, 1.165) is 10.9 Å². The van der Waals surface area contributed by atoms with Crippen LogP contribution in [0.2, 0.25) is 5.15 Å². The van der Waals surface area contributed by atoms with Crippen molar-refractivity contribution < 1.29 is 14.9 Å². The lowest BCUT2D eigenvalue weighted by atomic mass is 10.0. The Labute approximate surface area is 138 Å². The third kappa shape index (κ3) is 2.91. The number of aromatic nitrogens is 2. The molecule has 0 unspecified atom stereocenters. The van der Waals surface area contributed by atoms with Crippen LogP contribution in [0.1, 0.15) is 11.6 Å². The van der Waals surface area contributed by atoms with Crippen LogP contribution in [0.3, 0.4) is 0 Å². The molecule has 0 bridgehead atoms. The van der Waals surface area contributed by atoms with Gasteiger partial charge in [-0.1, -0.05) is 41.9 Å². The van der Waals surface area contributed by atoms with Crippen molar-refractivity contribution in [1.82, 2.24) is 9.55 Å². The van der Waals surface area contributed by atoms with Gasteiger partial charge in [0.15, 0.2) is 5.15 Å². The quantitative estimate of drug-likeness (QED) is 0.705. The Balaban J connectivity index is 2.19. The molecule has 2 N–H and O–H groups in total. The minimum absolute atomic E-state index is 0.287. The highest BCUT2D eigenvalue weighted by Crippen LogP contribution is 2.32. The Kier molecular flexibility index (Phi) is 4.52. The normalized spacial score (nSPS) is 13.9. The molecule has 0 aliphatic heterocycles. The molecule has 0 radical (unpaired) electrons. The number of aliphatic hydroxyl groups excluding tert-OH is 2. The summed E-state index contributed by atoms with van der Waals surface area (Å²) >= 11 is 6.31. The lowest BCUT2D eigenvalue weighted by molar-refractivity contribution is 0.0653. The average Bonchev–Trinajstić information content (AvgIpc) is 3.00. The minimum Gasteiger partial charge on any atom is -0.481 e. The van der Waals surface area contributed by atoms with E-state index in [1.54, 1.807) is 6.07 Å². The summed E-state index contributed by atoms with van der Waals surface area (Å²) in [5.41, 5.74) is 1.56. The second-order valence-electron chi connectivity index (χ2n) is 5.22. The SMILES string of the molecule is COc1cc2ccn([C@@H](c3ccccc3)[C@H](O)CO)c2c(Cl)n1. The number of halogens is 1. The second kappa shape index (κ2) is 6.58. The number of hydrogen-bond donors (Lipinski definition) is 2. The first-order valence-corrected chi connectivity index (χ1v) is 7.58. The Morgan fingerprint density at radius 1 is 1.26 bits per heavy atom. The van der Waals surface area contributed by atoms with E-state index < -0.39 is 12.1 Å². The zero-order valence-corrected chi connectivity index (χ0v) is 13.3. The van der Waals surface area contributed by atoms with E-state index in [0.29, 0.717) is 11.4 Å². The molecule has 0 amide bonds. The van der Waals surface area contributed by atoms with Crippen molar-refractivity contribution in [3.8, 4) is 5.88 Å². The first-order chi connectivity index (χ1) is 11.2. The summed E-state index contributed by atoms with van der Waals surface area (Å²) in [6.07, 6.45) is 0.861. The third-order valence-corrected chi connectivity index (χ3v) is 4.09. The van der Waals surface area contributed by atoms with Crippen LogP contribution in [0.4, 0.5) is 0 Å². The van der Waals surface area contributed by atoms with Crippen molar-refractivity contribution in [2.45, 2.75) is 12.1 Å². The third-order valence-electron chi connectivity index (χ3n) is 3.83. The van der Waals surface area contributed by atoms with Gasteiger partial charge in [-0.05, 0) is 11.6 Å². The zero-order chi connectivity index (χ0) is 16.4. The Morgan fingerprint density at radius 3 is 2.65 bits per heavy atom. The summed E-state index contributed by atoms with van der Waals surface area (Å²) < 4.78 is 6.97. The van der Waals surface area contributed by atoms with Gasteiger partial charge in [0.2, 0.25) is 5.88 Å². The van der Waals surface area contributed by atoms with Crippen molar-refractivity contribution >= 4 is 22.5 Å². The number of fused-ring (bicyclic) bond motifs is 1. The Morgan fingerprint density at radius 2 is 2.00 bits per heavy atom. The van der Waals surface area contributed by atoms with Crippen LogP contribution in [0.25, 0.3) is 10.9 Å². The molecule has 2 heterocycles. The highest BCUT2D eigenvalue weighted by atomic mass is 35.5. The van der Waals surface area contributed by atoms with Gasteiger partial charge >= 0.3 is 0 Å². The lowest BCUT2D eigenvalue weighted by Gasteiger charge is -2.25. The van der Waals surface area contributed by atoms with Gasteiger partial charge in [0.25, 0.3) is 0 Å². The predicted octanol–water partition coefficient (Wildman–Crippen LogP) is 2.64. The van der Waals surface area contributed by atoms with Crippen LogP contribution in [-0.2, 0) is 0 Å². The van der Waals surface area contributed by atoms with E-state index in [4.69, 9.17) is 16.3 Å². The van der Waals surface area contributed by atoms with E-state index in [2.05, 4.69) is 4.98 Å². The van der Waals surface area contributed by atoms with Gasteiger partial charge in [-0.3, -0.25) is 0 Å². The fourth-order valence-electron chi connectivity index (χ4n) is 2.77. The molecule has 0 fully saturated rings. The molecule has 23 heavy (non-hydrogen) atoms. The van der Waals surface area contributed by atoms with E-state index in [1.807, 2.05) is 47.2 Å². The molecular formula is C17H17ClN2O3. The van der Waals surface area contributed by atoms with E-state index in [1.165, 1.54) is 7.11 Å². The molecule has 2 aromatic heterocycles. The molecule has 120 valence electrons. The Bertz CT molecular complexity index is 804. The predicted molar refractivity (Wildman–Crippen MR) is 89.0 cm³/mol. The number of nitrogens with zero attached hydrogens (tertiary/aromatic N) is 2. The minimum atomic E-state index is -0.967. The summed E-state index contributed by atoms with van der Waals surface area (Å²) in [5.74, 6) is 0.430. The van der Waals surface area contributed by atoms with E-state index >= 15 is 0 Å². The van der Waals surface area contributed by atoms with Crippen LogP contribution in [-0.4, -0.2) is 39.6 Å². The van der Waals surface area contributed by atoms with Gasteiger partial charge in [-0.2, -0.15) is 4.98 Å². The molecule has 0 aliphatic carbocycles. The number of aliphatic hydroxyl groups is 2. The summed E-state index contributed by atoms with van der Waals surface area (Å²) in [6, 6.07) is 12.7. The molecule has 3 aromatic rings. The highest BCUT2D eigenvalue weighted by Gasteiger charge is 2.25. The topological polar surface area (TPSA) is 67.5 Å². The number of rotatable bonds is 5. The number of methoxy groups -OCH3 is 1. The summed E-state index contributed by atoms with van der Waals surface area (Å²) in [5, 5.41) is 20.9. The maximum Gasteiger partial charge on any atom is 0.215 e. The van der Waals surface area contributed by atoms with Crippen molar-refractivity contribution in [3.05, 3.63) is 59.4 Å². The van der Waals surface area contributed by atoms with Crippen molar-refractivity contribution in [1.29, 1.82) is 0 Å². The molecule has 0 aliphatic rings. The first kappa shape index (κ1) is 15.8. The lowest BCUT2D eigenvalue weighted by Crippen LogP contribution is -2.28. The van der Waals surface area contributed by atoms with Crippen molar-refractivity contribution in [3.63, 3.8) is 0 Å². The molecule has 0 spiro atoms. The number of pyridine rings is 1. The van der Waals surface area contributed by atoms with Crippen molar-refractivity contribution in [2.75, 3.05) is 13.7 Å². The van der Waals surface area contributed by atoms with Gasteiger partial charge in [0.1, 0.15) is 6.10 Å². The molecule has 6 heteroatoms. The standard InChI is InChI=1S/C17H17ClN2O3/c1-23-14-9-12-7-8-20(16(12)17(18)19-14)15(13(22)10-21)11-5-3-2-4-6-11/h2-9,13,15,21-22H,10H2,1H3/t13-,15+/m1/s1. The maximum atomic E-state index is 10.3. The van der Waals surface area contributed by atoms with Gasteiger partial charge < -0.3 is 19.5 Å². The monoisotopic (exact) mass is 332 g/mol. The second-order valence-corrected chi connectivity index (χ2v) is 5.58. The molecule has 0 saturated carbocycles. The smallest absolute Gasteiger partial charge is 0.215 e. The maximum absolute atomic E-state index is 10.3. The Hall–Kier alpha value is -2.08. The molecule has 2 atom stereocenters. The van der Waals surface area contributed by atoms with Crippen molar-refractivity contribution in [2.24, 2.45) is 0 Å². The number of benzene rings is 1. The van der Waals surface area contributed by atoms with E-state index in [9.17, 15) is 10.2 Å². The molecule has 3 rings (SSSR count). The first-order valence-electron chi connectivity index (χ1n) is 7.20. The fourth-order valence-corrected chi connectivity index (χ4v) is 3.06. The zero-order valence-electron chi connectivity index (χ0n) is 12.6. The number of ether oxygens (including phenoxy) is 1. The van der Waals surface area contributed by atoms with Gasteiger partial charge in [-0.15, -0.1) is 0 Å².